The monoisotopic (exact) mass is 444 g/mol. The minimum atomic E-state index is -3.66. The zero-order valence-corrected chi connectivity index (χ0v) is 19.6. The molecule has 0 aliphatic carbocycles. The Morgan fingerprint density at radius 2 is 1.71 bits per heavy atom. The summed E-state index contributed by atoms with van der Waals surface area (Å²) >= 11 is 0. The van der Waals surface area contributed by atoms with E-state index in [1.807, 2.05) is 32.9 Å². The quantitative estimate of drug-likeness (QED) is 0.718. The van der Waals surface area contributed by atoms with Gasteiger partial charge >= 0.3 is 0 Å². The van der Waals surface area contributed by atoms with E-state index in [-0.39, 0.29) is 22.4 Å². The Morgan fingerprint density at radius 3 is 2.32 bits per heavy atom. The van der Waals surface area contributed by atoms with Crippen molar-refractivity contribution in [1.82, 2.24) is 9.62 Å². The Hall–Kier alpha value is -2.38. The lowest BCUT2D eigenvalue weighted by molar-refractivity contribution is 0.0936. The van der Waals surface area contributed by atoms with E-state index in [9.17, 15) is 13.2 Å². The predicted molar refractivity (Wildman–Crippen MR) is 122 cm³/mol. The van der Waals surface area contributed by atoms with Crippen LogP contribution in [0.25, 0.3) is 0 Å². The van der Waals surface area contributed by atoms with Crippen molar-refractivity contribution in [2.45, 2.75) is 57.4 Å². The van der Waals surface area contributed by atoms with Crippen molar-refractivity contribution in [3.8, 4) is 5.75 Å². The maximum absolute atomic E-state index is 13.2. The second kappa shape index (κ2) is 9.83. The molecule has 0 aromatic heterocycles. The Morgan fingerprint density at radius 1 is 1.03 bits per heavy atom. The van der Waals surface area contributed by atoms with Crippen LogP contribution in [0.5, 0.6) is 5.75 Å². The van der Waals surface area contributed by atoms with E-state index in [1.54, 1.807) is 6.07 Å². The van der Waals surface area contributed by atoms with Crippen LogP contribution in [0.3, 0.4) is 0 Å². The zero-order chi connectivity index (χ0) is 22.6. The van der Waals surface area contributed by atoms with E-state index in [4.69, 9.17) is 4.74 Å². The molecule has 0 bridgehead atoms. The maximum atomic E-state index is 13.2. The van der Waals surface area contributed by atoms with Gasteiger partial charge in [0.1, 0.15) is 5.75 Å². The van der Waals surface area contributed by atoms with Gasteiger partial charge in [0.2, 0.25) is 10.0 Å². The average molecular weight is 445 g/mol. The molecule has 2 aromatic carbocycles. The molecule has 3 rings (SSSR count). The number of hydrogen-bond acceptors (Lipinski definition) is 4. The average Bonchev–Trinajstić information content (AvgIpc) is 3.03. The zero-order valence-electron chi connectivity index (χ0n) is 18.8. The van der Waals surface area contributed by atoms with Gasteiger partial charge in [0.25, 0.3) is 5.91 Å². The van der Waals surface area contributed by atoms with E-state index in [0.29, 0.717) is 18.8 Å². The molecular formula is C24H32N2O4S. The highest BCUT2D eigenvalue weighted by molar-refractivity contribution is 7.89. The molecule has 1 fully saturated rings. The Labute approximate surface area is 185 Å². The maximum Gasteiger partial charge on any atom is 0.255 e. The molecule has 0 radical (unpaired) electrons. The van der Waals surface area contributed by atoms with Gasteiger partial charge in [0.05, 0.1) is 23.6 Å². The van der Waals surface area contributed by atoms with Crippen molar-refractivity contribution in [3.63, 3.8) is 0 Å². The van der Waals surface area contributed by atoms with E-state index in [1.165, 1.54) is 23.5 Å². The second-order valence-electron chi connectivity index (χ2n) is 8.24. The number of sulfonamides is 1. The summed E-state index contributed by atoms with van der Waals surface area (Å²) in [5, 5.41) is 2.99. The van der Waals surface area contributed by atoms with E-state index in [2.05, 4.69) is 11.4 Å². The first-order valence-electron chi connectivity index (χ1n) is 10.8. The number of methoxy groups -OCH3 is 1. The molecule has 168 valence electrons. The number of hydrogen-bond donors (Lipinski definition) is 1. The second-order valence-corrected chi connectivity index (χ2v) is 10.2. The van der Waals surface area contributed by atoms with Crippen LogP contribution < -0.4 is 10.1 Å². The van der Waals surface area contributed by atoms with E-state index in [0.717, 1.165) is 42.4 Å². The molecule has 1 aliphatic rings. The lowest BCUT2D eigenvalue weighted by Crippen LogP contribution is -2.32. The molecule has 0 spiro atoms. The van der Waals surface area contributed by atoms with Crippen molar-refractivity contribution in [1.29, 1.82) is 0 Å². The van der Waals surface area contributed by atoms with Crippen LogP contribution in [0.1, 0.15) is 65.7 Å². The smallest absolute Gasteiger partial charge is 0.255 e. The molecule has 1 atom stereocenters. The van der Waals surface area contributed by atoms with Gasteiger partial charge in [0.15, 0.2) is 0 Å². The van der Waals surface area contributed by atoms with Crippen molar-refractivity contribution in [3.05, 3.63) is 58.7 Å². The van der Waals surface area contributed by atoms with Crippen LogP contribution in [0.2, 0.25) is 0 Å². The van der Waals surface area contributed by atoms with Gasteiger partial charge in [-0.1, -0.05) is 36.6 Å². The molecule has 1 N–H and O–H groups in total. The third kappa shape index (κ3) is 5.28. The SMILES string of the molecule is COc1ccc(S(=O)(=O)N2CCCCCC2)cc1C(=O)N[C@H](C)c1ccc(C)cc1C. The highest BCUT2D eigenvalue weighted by Gasteiger charge is 2.27. The molecule has 2 aromatic rings. The third-order valence-electron chi connectivity index (χ3n) is 5.86. The summed E-state index contributed by atoms with van der Waals surface area (Å²) in [7, 11) is -2.19. The van der Waals surface area contributed by atoms with Crippen LogP contribution in [0, 0.1) is 13.8 Å². The lowest BCUT2D eigenvalue weighted by atomic mass is 10.00. The summed E-state index contributed by atoms with van der Waals surface area (Å²) < 4.78 is 33.3. The summed E-state index contributed by atoms with van der Waals surface area (Å²) in [5.41, 5.74) is 3.49. The number of aryl methyl sites for hydroxylation is 2. The molecule has 1 aliphatic heterocycles. The Kier molecular flexibility index (Phi) is 7.38. The molecule has 0 saturated carbocycles. The first-order chi connectivity index (χ1) is 14.7. The van der Waals surface area contributed by atoms with Gasteiger partial charge in [-0.05, 0) is 62.9 Å². The van der Waals surface area contributed by atoms with E-state index >= 15 is 0 Å². The number of carbonyl (C=O) groups excluding carboxylic acids is 1. The van der Waals surface area contributed by atoms with Gasteiger partial charge in [-0.25, -0.2) is 8.42 Å². The van der Waals surface area contributed by atoms with Crippen LogP contribution >= 0.6 is 0 Å². The standard InChI is InChI=1S/C24H32N2O4S/c1-17-9-11-21(18(2)15-17)19(3)25-24(27)22-16-20(10-12-23(22)30-4)31(28,29)26-13-7-5-6-8-14-26/h9-12,15-16,19H,5-8,13-14H2,1-4H3,(H,25,27)/t19-/m1/s1. The van der Waals surface area contributed by atoms with Crippen molar-refractivity contribution in [2.24, 2.45) is 0 Å². The first-order valence-corrected chi connectivity index (χ1v) is 12.2. The number of carbonyl (C=O) groups is 1. The summed E-state index contributed by atoms with van der Waals surface area (Å²) in [6.45, 7) is 6.99. The van der Waals surface area contributed by atoms with Gasteiger partial charge in [-0.2, -0.15) is 4.31 Å². The van der Waals surface area contributed by atoms with Gasteiger partial charge in [-0.3, -0.25) is 4.79 Å². The Bertz CT molecular complexity index is 1040. The number of ether oxygens (including phenoxy) is 1. The fourth-order valence-corrected chi connectivity index (χ4v) is 5.66. The number of amides is 1. The molecule has 1 saturated heterocycles. The third-order valence-corrected chi connectivity index (χ3v) is 7.75. The number of nitrogens with zero attached hydrogens (tertiary/aromatic N) is 1. The molecule has 0 unspecified atom stereocenters. The molecule has 6 nitrogen and oxygen atoms in total. The van der Waals surface area contributed by atoms with Crippen LogP contribution in [0.4, 0.5) is 0 Å². The highest BCUT2D eigenvalue weighted by Crippen LogP contribution is 2.27. The largest absolute Gasteiger partial charge is 0.496 e. The number of rotatable bonds is 6. The Balaban J connectivity index is 1.88. The summed E-state index contributed by atoms with van der Waals surface area (Å²) in [6.07, 6.45) is 3.80. The number of nitrogens with one attached hydrogen (secondary N) is 1. The normalized spacial score (nSPS) is 16.4. The van der Waals surface area contributed by atoms with Gasteiger partial charge in [0, 0.05) is 13.1 Å². The molecular weight excluding hydrogens is 412 g/mol. The summed E-state index contributed by atoms with van der Waals surface area (Å²) in [6, 6.07) is 10.4. The van der Waals surface area contributed by atoms with Crippen molar-refractivity contribution in [2.75, 3.05) is 20.2 Å². The van der Waals surface area contributed by atoms with Crippen LogP contribution in [0.15, 0.2) is 41.3 Å². The van der Waals surface area contributed by atoms with Gasteiger partial charge < -0.3 is 10.1 Å². The van der Waals surface area contributed by atoms with Crippen LogP contribution in [-0.2, 0) is 10.0 Å². The molecule has 31 heavy (non-hydrogen) atoms. The summed E-state index contributed by atoms with van der Waals surface area (Å²) in [4.78, 5) is 13.2. The molecule has 7 heteroatoms. The van der Waals surface area contributed by atoms with Crippen molar-refractivity contribution < 1.29 is 17.9 Å². The highest BCUT2D eigenvalue weighted by atomic mass is 32.2. The predicted octanol–water partition coefficient (Wildman–Crippen LogP) is 4.37. The molecule has 1 amide bonds. The fourth-order valence-electron chi connectivity index (χ4n) is 4.12. The topological polar surface area (TPSA) is 75.7 Å². The molecule has 1 heterocycles. The van der Waals surface area contributed by atoms with Gasteiger partial charge in [-0.15, -0.1) is 0 Å². The lowest BCUT2D eigenvalue weighted by Gasteiger charge is -2.21. The first kappa shape index (κ1) is 23.3. The fraction of sp³-hybridized carbons (Fsp3) is 0.458. The van der Waals surface area contributed by atoms with Crippen LogP contribution in [-0.4, -0.2) is 38.8 Å². The minimum absolute atomic E-state index is 0.125. The van der Waals surface area contributed by atoms with Crippen molar-refractivity contribution >= 4 is 15.9 Å². The summed E-state index contributed by atoms with van der Waals surface area (Å²) in [5.74, 6) is -0.0163. The number of benzene rings is 2. The van der Waals surface area contributed by atoms with E-state index < -0.39 is 10.0 Å². The minimum Gasteiger partial charge on any atom is -0.496 e.